The molecule has 0 saturated heterocycles. The molecule has 0 atom stereocenters. The molecule has 2 rings (SSSR count). The van der Waals surface area contributed by atoms with Crippen LogP contribution >= 0.6 is 11.3 Å². The standard InChI is InChI=1S/C14H16N2O3S/c1-2-15(9-13-4-3-7-20-13)12-5-6-14(16(18)19)11(8-12)10-17/h3-8,17H,2,9-10H2,1H3. The topological polar surface area (TPSA) is 66.6 Å². The van der Waals surface area contributed by atoms with Gasteiger partial charge in [0.25, 0.3) is 5.69 Å². The Morgan fingerprint density at radius 1 is 1.40 bits per heavy atom. The number of aliphatic hydroxyl groups is 1. The minimum Gasteiger partial charge on any atom is -0.391 e. The first-order chi connectivity index (χ1) is 9.65. The molecule has 0 radical (unpaired) electrons. The smallest absolute Gasteiger partial charge is 0.275 e. The highest BCUT2D eigenvalue weighted by atomic mass is 32.1. The van der Waals surface area contributed by atoms with Gasteiger partial charge in [-0.3, -0.25) is 10.1 Å². The monoisotopic (exact) mass is 292 g/mol. The third-order valence-electron chi connectivity index (χ3n) is 3.10. The summed E-state index contributed by atoms with van der Waals surface area (Å²) in [5.74, 6) is 0. The first-order valence-electron chi connectivity index (χ1n) is 6.31. The molecule has 5 nitrogen and oxygen atoms in total. The average Bonchev–Trinajstić information content (AvgIpc) is 2.96. The fourth-order valence-corrected chi connectivity index (χ4v) is 2.77. The Kier molecular flexibility index (Phi) is 4.70. The molecule has 0 bridgehead atoms. The van der Waals surface area contributed by atoms with E-state index in [4.69, 9.17) is 0 Å². The molecule has 0 amide bonds. The molecule has 0 aliphatic rings. The third-order valence-corrected chi connectivity index (χ3v) is 3.96. The predicted molar refractivity (Wildman–Crippen MR) is 80.1 cm³/mol. The lowest BCUT2D eigenvalue weighted by Gasteiger charge is -2.23. The third kappa shape index (κ3) is 3.15. The van der Waals surface area contributed by atoms with Crippen LogP contribution in [0.3, 0.4) is 0 Å². The maximum absolute atomic E-state index is 10.9. The van der Waals surface area contributed by atoms with Crippen molar-refractivity contribution in [1.29, 1.82) is 0 Å². The minimum absolute atomic E-state index is 0.0385. The summed E-state index contributed by atoms with van der Waals surface area (Å²) in [7, 11) is 0. The number of benzene rings is 1. The second-order valence-corrected chi connectivity index (χ2v) is 5.35. The lowest BCUT2D eigenvalue weighted by Crippen LogP contribution is -2.21. The highest BCUT2D eigenvalue weighted by Gasteiger charge is 2.15. The number of thiophene rings is 1. The second-order valence-electron chi connectivity index (χ2n) is 4.32. The van der Waals surface area contributed by atoms with Gasteiger partial charge in [-0.25, -0.2) is 0 Å². The van der Waals surface area contributed by atoms with Crippen molar-refractivity contribution in [2.45, 2.75) is 20.1 Å². The molecular weight excluding hydrogens is 276 g/mol. The van der Waals surface area contributed by atoms with E-state index in [0.717, 1.165) is 18.8 Å². The first kappa shape index (κ1) is 14.5. The minimum atomic E-state index is -0.467. The van der Waals surface area contributed by atoms with Crippen molar-refractivity contribution in [3.63, 3.8) is 0 Å². The van der Waals surface area contributed by atoms with Gasteiger partial charge in [0.2, 0.25) is 0 Å². The van der Waals surface area contributed by atoms with Crippen LogP contribution in [0.1, 0.15) is 17.4 Å². The molecule has 1 aromatic carbocycles. The number of anilines is 1. The summed E-state index contributed by atoms with van der Waals surface area (Å²) in [4.78, 5) is 13.8. The molecule has 1 N–H and O–H groups in total. The van der Waals surface area contributed by atoms with Gasteiger partial charge >= 0.3 is 0 Å². The molecule has 0 spiro atoms. The van der Waals surface area contributed by atoms with E-state index in [0.29, 0.717) is 5.56 Å². The maximum atomic E-state index is 10.9. The number of aliphatic hydroxyl groups excluding tert-OH is 1. The van der Waals surface area contributed by atoms with E-state index in [1.165, 1.54) is 10.9 Å². The van der Waals surface area contributed by atoms with Crippen LogP contribution in [-0.4, -0.2) is 16.6 Å². The molecule has 106 valence electrons. The summed E-state index contributed by atoms with van der Waals surface area (Å²) in [5.41, 5.74) is 1.19. The Hall–Kier alpha value is -1.92. The highest BCUT2D eigenvalue weighted by Crippen LogP contribution is 2.26. The van der Waals surface area contributed by atoms with Crippen molar-refractivity contribution >= 4 is 22.7 Å². The van der Waals surface area contributed by atoms with E-state index in [9.17, 15) is 15.2 Å². The van der Waals surface area contributed by atoms with Gasteiger partial charge in [0.1, 0.15) is 0 Å². The van der Waals surface area contributed by atoms with Gasteiger partial charge in [-0.2, -0.15) is 0 Å². The van der Waals surface area contributed by atoms with E-state index in [1.807, 2.05) is 18.4 Å². The van der Waals surface area contributed by atoms with Gasteiger partial charge in [-0.05, 0) is 30.5 Å². The SMILES string of the molecule is CCN(Cc1cccs1)c1ccc([N+](=O)[O-])c(CO)c1. The molecule has 1 heterocycles. The number of nitrogens with zero attached hydrogens (tertiary/aromatic N) is 2. The van der Waals surface area contributed by atoms with Crippen LogP contribution < -0.4 is 4.90 Å². The first-order valence-corrected chi connectivity index (χ1v) is 7.19. The van der Waals surface area contributed by atoms with Gasteiger partial charge in [0.15, 0.2) is 0 Å². The molecule has 2 aromatic rings. The van der Waals surface area contributed by atoms with Gasteiger partial charge in [0.05, 0.1) is 23.6 Å². The van der Waals surface area contributed by atoms with E-state index in [2.05, 4.69) is 11.0 Å². The normalized spacial score (nSPS) is 10.5. The van der Waals surface area contributed by atoms with Gasteiger partial charge in [-0.15, -0.1) is 11.3 Å². The summed E-state index contributed by atoms with van der Waals surface area (Å²) < 4.78 is 0. The maximum Gasteiger partial charge on any atom is 0.275 e. The molecule has 1 aromatic heterocycles. The van der Waals surface area contributed by atoms with Crippen molar-refractivity contribution in [2.75, 3.05) is 11.4 Å². The van der Waals surface area contributed by atoms with Crippen LogP contribution in [0.25, 0.3) is 0 Å². The van der Waals surface area contributed by atoms with Gasteiger partial charge in [0, 0.05) is 23.2 Å². The summed E-state index contributed by atoms with van der Waals surface area (Å²) in [6.07, 6.45) is 0. The van der Waals surface area contributed by atoms with Crippen LogP contribution in [0.2, 0.25) is 0 Å². The zero-order valence-electron chi connectivity index (χ0n) is 11.2. The molecule has 0 aliphatic heterocycles. The molecular formula is C14H16N2O3S. The Labute approximate surface area is 121 Å². The van der Waals surface area contributed by atoms with Crippen molar-refractivity contribution in [1.82, 2.24) is 0 Å². The van der Waals surface area contributed by atoms with E-state index in [-0.39, 0.29) is 12.3 Å². The molecule has 0 unspecified atom stereocenters. The predicted octanol–water partition coefficient (Wildman–Crippen LogP) is 3.18. The van der Waals surface area contributed by atoms with Crippen LogP contribution in [0.4, 0.5) is 11.4 Å². The lowest BCUT2D eigenvalue weighted by atomic mass is 10.1. The lowest BCUT2D eigenvalue weighted by molar-refractivity contribution is -0.385. The Balaban J connectivity index is 2.28. The zero-order valence-corrected chi connectivity index (χ0v) is 12.0. The average molecular weight is 292 g/mol. The molecule has 0 fully saturated rings. The van der Waals surface area contributed by atoms with Crippen LogP contribution in [0.15, 0.2) is 35.7 Å². The summed E-state index contributed by atoms with van der Waals surface area (Å²) >= 11 is 1.68. The summed E-state index contributed by atoms with van der Waals surface area (Å²) in [6.45, 7) is 3.26. The van der Waals surface area contributed by atoms with Crippen molar-refractivity contribution in [2.24, 2.45) is 0 Å². The van der Waals surface area contributed by atoms with E-state index in [1.54, 1.807) is 23.5 Å². The molecule has 20 heavy (non-hydrogen) atoms. The van der Waals surface area contributed by atoms with Crippen molar-refractivity contribution in [3.8, 4) is 0 Å². The Bertz CT molecular complexity index is 584. The second kappa shape index (κ2) is 6.49. The number of hydrogen-bond acceptors (Lipinski definition) is 5. The zero-order chi connectivity index (χ0) is 14.5. The Morgan fingerprint density at radius 3 is 2.75 bits per heavy atom. The summed E-state index contributed by atoms with van der Waals surface area (Å²) in [6, 6.07) is 8.94. The molecule has 6 heteroatoms. The van der Waals surface area contributed by atoms with Gasteiger partial charge in [-0.1, -0.05) is 6.07 Å². The molecule has 0 saturated carbocycles. The van der Waals surface area contributed by atoms with Crippen molar-refractivity contribution < 1.29 is 10.0 Å². The fraction of sp³-hybridized carbons (Fsp3) is 0.286. The van der Waals surface area contributed by atoms with Crippen molar-refractivity contribution in [3.05, 3.63) is 56.3 Å². The fourth-order valence-electron chi connectivity index (χ4n) is 2.05. The number of nitro benzene ring substituents is 1. The number of rotatable bonds is 6. The largest absolute Gasteiger partial charge is 0.391 e. The molecule has 0 aliphatic carbocycles. The summed E-state index contributed by atoms with van der Waals surface area (Å²) in [5, 5.41) is 22.2. The van der Waals surface area contributed by atoms with Gasteiger partial charge < -0.3 is 10.0 Å². The highest BCUT2D eigenvalue weighted by molar-refractivity contribution is 7.09. The van der Waals surface area contributed by atoms with E-state index < -0.39 is 4.92 Å². The van der Waals surface area contributed by atoms with E-state index >= 15 is 0 Å². The number of nitro groups is 1. The Morgan fingerprint density at radius 2 is 2.20 bits per heavy atom. The quantitative estimate of drug-likeness (QED) is 0.656. The number of hydrogen-bond donors (Lipinski definition) is 1. The van der Waals surface area contributed by atoms with Crippen LogP contribution in [-0.2, 0) is 13.2 Å². The van der Waals surface area contributed by atoms with Crippen LogP contribution in [0, 0.1) is 10.1 Å². The van der Waals surface area contributed by atoms with Crippen LogP contribution in [0.5, 0.6) is 0 Å².